The van der Waals surface area contributed by atoms with Crippen LogP contribution >= 0.6 is 0 Å². The van der Waals surface area contributed by atoms with Crippen molar-refractivity contribution >= 4 is 41.5 Å². The van der Waals surface area contributed by atoms with Crippen molar-refractivity contribution in [2.75, 3.05) is 0 Å². The topological polar surface area (TPSA) is 62.5 Å². The summed E-state index contributed by atoms with van der Waals surface area (Å²) in [6.07, 6.45) is 11.3. The molecule has 0 aliphatic heterocycles. The minimum atomic E-state index is -5.24. The van der Waals surface area contributed by atoms with Crippen LogP contribution in [-0.4, -0.2) is 21.1 Å². The normalized spacial score (nSPS) is 13.9. The number of esters is 2. The van der Waals surface area contributed by atoms with Crippen LogP contribution in [0.1, 0.15) is 38.1 Å². The van der Waals surface area contributed by atoms with Crippen molar-refractivity contribution in [3.8, 4) is 22.9 Å². The van der Waals surface area contributed by atoms with Crippen LogP contribution in [-0.2, 0) is 26.2 Å². The molecule has 8 rings (SSSR count). The Morgan fingerprint density at radius 3 is 1.38 bits per heavy atom. The van der Waals surface area contributed by atoms with Gasteiger partial charge in [0.05, 0.1) is 0 Å². The third-order valence-electron chi connectivity index (χ3n) is 10.3. The van der Waals surface area contributed by atoms with Gasteiger partial charge in [0, 0.05) is 0 Å². The number of hydrogen-bond acceptors (Lipinski definition) is 4. The molecule has 6 nitrogen and oxygen atoms in total. The first-order valence-corrected chi connectivity index (χ1v) is 20.8. The maximum atomic E-state index is 17.9. The molecule has 2 aromatic heterocycles. The van der Waals surface area contributed by atoms with Crippen molar-refractivity contribution in [2.24, 2.45) is 0 Å². The predicted octanol–water partition coefficient (Wildman–Crippen LogP) is 9.39. The average Bonchev–Trinajstić information content (AvgIpc) is 3.95. The van der Waals surface area contributed by atoms with Crippen molar-refractivity contribution in [2.45, 2.75) is 40.5 Å². The zero-order chi connectivity index (χ0) is 38.8. The quantitative estimate of drug-likeness (QED) is 0.0669. The third-order valence-corrected chi connectivity index (χ3v) is 18.3. The number of benzene rings is 4. The fourth-order valence-corrected chi connectivity index (χ4v) is 16.6. The average molecular weight is 779 g/mol. The van der Waals surface area contributed by atoms with Gasteiger partial charge >= 0.3 is 319 Å². The molecular formula is C44H34F4N2O4Ti. The van der Waals surface area contributed by atoms with Gasteiger partial charge in [0.1, 0.15) is 0 Å². The number of rotatable bonds is 8. The third kappa shape index (κ3) is 5.91. The van der Waals surface area contributed by atoms with Gasteiger partial charge in [0.2, 0.25) is 0 Å². The number of carbonyl (C=O) groups excluding carboxylic acids is 2. The number of ether oxygens (including phenoxy) is 2. The van der Waals surface area contributed by atoms with Crippen molar-refractivity contribution < 1.29 is 53.2 Å². The molecule has 0 amide bonds. The second kappa shape index (κ2) is 13.9. The van der Waals surface area contributed by atoms with Gasteiger partial charge in [-0.05, 0) is 0 Å². The van der Waals surface area contributed by atoms with Gasteiger partial charge in [-0.1, -0.05) is 0 Å². The van der Waals surface area contributed by atoms with E-state index >= 15 is 17.6 Å². The number of carbonyl (C=O) groups is 2. The molecule has 2 heterocycles. The van der Waals surface area contributed by atoms with E-state index in [0.29, 0.717) is 52.4 Å². The molecule has 4 aromatic carbocycles. The molecule has 0 radical (unpaired) electrons. The first-order valence-electron chi connectivity index (χ1n) is 17.7. The Bertz CT molecular complexity index is 2570. The van der Waals surface area contributed by atoms with Gasteiger partial charge in [0.25, 0.3) is 0 Å². The van der Waals surface area contributed by atoms with E-state index in [-0.39, 0.29) is 32.0 Å². The summed E-state index contributed by atoms with van der Waals surface area (Å²) in [6, 6.07) is 18.5. The SMILES string of the molecule is CC(=O)Oc1ccc2c(c1)cc(C)n2-c1ccc(F)[c]([Ti]([C]2=CC=CC2)([C]2=CC=CC2)[c]2c(F)ccc(-n3c(C)cc4cc(OC(C)=O)ccc43)c2F)c1F. The summed E-state index contributed by atoms with van der Waals surface area (Å²) in [4.78, 5) is 23.3. The molecule has 11 heteroatoms. The van der Waals surface area contributed by atoms with Crippen LogP contribution in [0.3, 0.4) is 0 Å². The number of halogens is 4. The Morgan fingerprint density at radius 1 is 0.600 bits per heavy atom. The van der Waals surface area contributed by atoms with E-state index in [1.54, 1.807) is 95.8 Å². The van der Waals surface area contributed by atoms with E-state index in [0.717, 1.165) is 0 Å². The molecule has 0 bridgehead atoms. The van der Waals surface area contributed by atoms with Gasteiger partial charge in [-0.15, -0.1) is 0 Å². The van der Waals surface area contributed by atoms with Crippen molar-refractivity contribution in [1.29, 1.82) is 0 Å². The molecule has 0 fully saturated rings. The van der Waals surface area contributed by atoms with Gasteiger partial charge in [-0.3, -0.25) is 0 Å². The molecule has 2 aliphatic carbocycles. The number of allylic oxidation sites excluding steroid dienone is 8. The molecule has 2 aliphatic rings. The van der Waals surface area contributed by atoms with Crippen LogP contribution in [0.25, 0.3) is 33.2 Å². The van der Waals surface area contributed by atoms with Crippen LogP contribution in [0.15, 0.2) is 117 Å². The van der Waals surface area contributed by atoms with E-state index in [1.165, 1.54) is 38.1 Å². The van der Waals surface area contributed by atoms with Gasteiger partial charge < -0.3 is 0 Å². The summed E-state index contributed by atoms with van der Waals surface area (Å²) >= 11 is -5.24. The minimum absolute atomic E-state index is 0.0186. The molecule has 0 N–H and O–H groups in total. The van der Waals surface area contributed by atoms with Crippen LogP contribution < -0.4 is 17.2 Å². The number of hydrogen-bond donors (Lipinski definition) is 0. The summed E-state index contributed by atoms with van der Waals surface area (Å²) < 4.78 is 84.1. The van der Waals surface area contributed by atoms with Gasteiger partial charge in [-0.2, -0.15) is 0 Å². The van der Waals surface area contributed by atoms with E-state index in [1.807, 2.05) is 12.2 Å². The summed E-state index contributed by atoms with van der Waals surface area (Å²) in [5.74, 6) is -3.95. The van der Waals surface area contributed by atoms with E-state index in [2.05, 4.69) is 0 Å². The predicted molar refractivity (Wildman–Crippen MR) is 201 cm³/mol. The zero-order valence-corrected chi connectivity index (χ0v) is 31.9. The van der Waals surface area contributed by atoms with Crippen LogP contribution in [0.2, 0.25) is 0 Å². The Morgan fingerprint density at radius 2 is 1.02 bits per heavy atom. The van der Waals surface area contributed by atoms with E-state index in [9.17, 15) is 9.59 Å². The fraction of sp³-hybridized carbons (Fsp3) is 0.136. The molecule has 0 atom stereocenters. The van der Waals surface area contributed by atoms with E-state index in [4.69, 9.17) is 9.47 Å². The number of nitrogens with zero attached hydrogens (tertiary/aromatic N) is 2. The van der Waals surface area contributed by atoms with Crippen molar-refractivity contribution in [1.82, 2.24) is 9.13 Å². The van der Waals surface area contributed by atoms with Gasteiger partial charge in [-0.25, -0.2) is 0 Å². The number of fused-ring (bicyclic) bond motifs is 2. The molecule has 55 heavy (non-hydrogen) atoms. The summed E-state index contributed by atoms with van der Waals surface area (Å²) in [5, 5.41) is 1.30. The van der Waals surface area contributed by atoms with Crippen molar-refractivity contribution in [3.63, 3.8) is 0 Å². The second-order valence-corrected chi connectivity index (χ2v) is 19.7. The molecule has 0 saturated carbocycles. The first-order chi connectivity index (χ1) is 26.4. The van der Waals surface area contributed by atoms with Crippen LogP contribution in [0, 0.1) is 37.1 Å². The van der Waals surface area contributed by atoms with Crippen LogP contribution in [0.4, 0.5) is 17.6 Å². The first kappa shape index (κ1) is 36.3. The second-order valence-electron chi connectivity index (χ2n) is 13.8. The molecule has 0 saturated heterocycles. The Balaban J connectivity index is 1.41. The number of aromatic nitrogens is 2. The Hall–Kier alpha value is -5.71. The summed E-state index contributed by atoms with van der Waals surface area (Å²) in [5.41, 5.74) is 2.39. The van der Waals surface area contributed by atoms with E-state index < -0.39 is 51.8 Å². The molecule has 0 spiro atoms. The molecule has 276 valence electrons. The van der Waals surface area contributed by atoms with Crippen molar-refractivity contribution in [3.05, 3.63) is 152 Å². The Labute approximate surface area is 317 Å². The van der Waals surface area contributed by atoms with Crippen LogP contribution in [0.5, 0.6) is 11.5 Å². The fourth-order valence-electron chi connectivity index (χ4n) is 8.30. The zero-order valence-electron chi connectivity index (χ0n) is 30.3. The molecular weight excluding hydrogens is 744 g/mol. The summed E-state index contributed by atoms with van der Waals surface area (Å²) in [7, 11) is 0. The summed E-state index contributed by atoms with van der Waals surface area (Å²) in [6.45, 7) is 6.14. The maximum absolute atomic E-state index is 17.9. The number of aryl methyl sites for hydroxylation is 2. The molecule has 0 unspecified atom stereocenters. The Kier molecular flexibility index (Phi) is 9.14. The van der Waals surface area contributed by atoms with Gasteiger partial charge in [0.15, 0.2) is 0 Å². The monoisotopic (exact) mass is 778 g/mol. The molecule has 6 aromatic rings. The standard InChI is InChI=1S/2C17H12F2NO2.2C5H5.Ti/c2*1-10-7-12-8-14(22-11(2)21)4-6-16(12)20(10)17-5-3-13(18)9-15(17)19;2*1-2-4-5-3-1;/h2*3-8H,1-2H3;2*1-3H,4H2;.